The van der Waals surface area contributed by atoms with Gasteiger partial charge in [-0.2, -0.15) is 13.2 Å². The Kier molecular flexibility index (Phi) is 11.5. The van der Waals surface area contributed by atoms with E-state index >= 15 is 0 Å². The molecule has 2 aromatic carbocycles. The molecule has 4 rings (SSSR count). The maximum Gasteiger partial charge on any atom is 0.416 e. The number of carbonyl (C=O) groups excluding carboxylic acids is 2. The molecule has 2 aliphatic rings. The van der Waals surface area contributed by atoms with Crippen molar-refractivity contribution < 1.29 is 22.8 Å². The Bertz CT molecular complexity index is 1300. The molecule has 0 spiro atoms. The number of carbonyl (C=O) groups is 2. The van der Waals surface area contributed by atoms with Gasteiger partial charge < -0.3 is 25.3 Å². The van der Waals surface area contributed by atoms with Crippen molar-refractivity contribution in [3.63, 3.8) is 0 Å². The third-order valence-electron chi connectivity index (χ3n) is 8.35. The molecular formula is C34H44F3N5O2. The van der Waals surface area contributed by atoms with Gasteiger partial charge in [-0.15, -0.1) is 0 Å². The lowest BCUT2D eigenvalue weighted by atomic mass is 9.80. The van der Waals surface area contributed by atoms with E-state index in [0.717, 1.165) is 50.1 Å². The summed E-state index contributed by atoms with van der Waals surface area (Å²) in [6.07, 6.45) is 3.08. The fourth-order valence-electron chi connectivity index (χ4n) is 5.74. The number of halogens is 3. The Morgan fingerprint density at radius 3 is 2.32 bits per heavy atom. The molecule has 2 N–H and O–H groups in total. The average Bonchev–Trinajstić information content (AvgIpc) is 2.99. The number of hydrogen-bond acceptors (Lipinski definition) is 5. The van der Waals surface area contributed by atoms with Crippen molar-refractivity contribution in [2.24, 2.45) is 11.8 Å². The van der Waals surface area contributed by atoms with Gasteiger partial charge in [0.05, 0.1) is 11.3 Å². The molecule has 0 aromatic heterocycles. The zero-order chi connectivity index (χ0) is 31.7. The monoisotopic (exact) mass is 611 g/mol. The van der Waals surface area contributed by atoms with Gasteiger partial charge in [-0.05, 0) is 88.1 Å². The van der Waals surface area contributed by atoms with Crippen molar-refractivity contribution in [2.75, 3.05) is 58.7 Å². The summed E-state index contributed by atoms with van der Waals surface area (Å²) in [5, 5.41) is 6.21. The molecule has 1 aliphatic carbocycles. The summed E-state index contributed by atoms with van der Waals surface area (Å²) in [5.41, 5.74) is 2.27. The molecule has 10 heteroatoms. The van der Waals surface area contributed by atoms with Crippen LogP contribution in [0.5, 0.6) is 0 Å². The highest BCUT2D eigenvalue weighted by Crippen LogP contribution is 2.31. The molecule has 0 radical (unpaired) electrons. The van der Waals surface area contributed by atoms with E-state index in [4.69, 9.17) is 0 Å². The molecule has 0 saturated carbocycles. The van der Waals surface area contributed by atoms with Crippen LogP contribution in [0.3, 0.4) is 0 Å². The maximum absolute atomic E-state index is 14.2. The number of benzene rings is 2. The quantitative estimate of drug-likeness (QED) is 0.322. The summed E-state index contributed by atoms with van der Waals surface area (Å²) in [5.74, 6) is 0.218. The lowest BCUT2D eigenvalue weighted by molar-refractivity contribution is -0.137. The molecule has 1 fully saturated rings. The number of amides is 2. The van der Waals surface area contributed by atoms with Crippen molar-refractivity contribution in [2.45, 2.75) is 38.8 Å². The molecule has 44 heavy (non-hydrogen) atoms. The van der Waals surface area contributed by atoms with E-state index in [1.165, 1.54) is 17.7 Å². The topological polar surface area (TPSA) is 67.9 Å². The fraction of sp³-hybridized carbons (Fsp3) is 0.471. The molecule has 1 saturated heterocycles. The molecule has 7 nitrogen and oxygen atoms in total. The van der Waals surface area contributed by atoms with Gasteiger partial charge in [0.25, 0.3) is 0 Å². The molecule has 238 valence electrons. The van der Waals surface area contributed by atoms with E-state index in [1.807, 2.05) is 38.4 Å². The second-order valence-corrected chi connectivity index (χ2v) is 11.9. The number of rotatable bonds is 10. The van der Waals surface area contributed by atoms with Crippen LogP contribution in [0.2, 0.25) is 0 Å². The largest absolute Gasteiger partial charge is 0.416 e. The number of nitrogens with zero attached hydrogens (tertiary/aromatic N) is 3. The summed E-state index contributed by atoms with van der Waals surface area (Å²) in [4.78, 5) is 33.1. The fourth-order valence-corrected chi connectivity index (χ4v) is 5.74. The van der Waals surface area contributed by atoms with Gasteiger partial charge >= 0.3 is 12.2 Å². The van der Waals surface area contributed by atoms with Crippen LogP contribution in [0, 0.1) is 11.8 Å². The highest BCUT2D eigenvalue weighted by molar-refractivity contribution is 5.98. The Labute approximate surface area is 258 Å². The highest BCUT2D eigenvalue weighted by Gasteiger charge is 2.33. The van der Waals surface area contributed by atoms with Crippen LogP contribution < -0.4 is 10.6 Å². The van der Waals surface area contributed by atoms with Gasteiger partial charge in [0.2, 0.25) is 0 Å². The number of ketones is 1. The van der Waals surface area contributed by atoms with Crippen LogP contribution in [-0.4, -0.2) is 79.9 Å². The van der Waals surface area contributed by atoms with Crippen molar-refractivity contribution in [3.05, 3.63) is 89.3 Å². The third-order valence-corrected chi connectivity index (χ3v) is 8.35. The van der Waals surface area contributed by atoms with Crippen LogP contribution in [-0.2, 0) is 17.4 Å². The van der Waals surface area contributed by atoms with E-state index in [2.05, 4.69) is 45.6 Å². The van der Waals surface area contributed by atoms with Gasteiger partial charge in [0.1, 0.15) is 5.70 Å². The van der Waals surface area contributed by atoms with Crippen molar-refractivity contribution in [3.8, 4) is 0 Å². The van der Waals surface area contributed by atoms with Gasteiger partial charge in [-0.3, -0.25) is 4.79 Å². The third kappa shape index (κ3) is 9.11. The normalized spacial score (nSPS) is 19.7. The van der Waals surface area contributed by atoms with Crippen LogP contribution in [0.25, 0.3) is 0 Å². The van der Waals surface area contributed by atoms with Gasteiger partial charge in [0.15, 0.2) is 5.78 Å². The van der Waals surface area contributed by atoms with Gasteiger partial charge in [-0.1, -0.05) is 43.3 Å². The van der Waals surface area contributed by atoms with Crippen LogP contribution in [0.15, 0.2) is 78.1 Å². The first-order valence-electron chi connectivity index (χ1n) is 15.4. The second kappa shape index (κ2) is 15.3. The zero-order valence-corrected chi connectivity index (χ0v) is 25.9. The van der Waals surface area contributed by atoms with Crippen molar-refractivity contribution in [1.82, 2.24) is 20.0 Å². The Hall–Kier alpha value is -3.79. The number of piperazine rings is 1. The zero-order valence-electron chi connectivity index (χ0n) is 25.9. The summed E-state index contributed by atoms with van der Waals surface area (Å²) in [6.45, 7) is 5.62. The van der Waals surface area contributed by atoms with Crippen LogP contribution >= 0.6 is 0 Å². The Balaban J connectivity index is 1.47. The predicted octanol–water partition coefficient (Wildman–Crippen LogP) is 6.02. The SMILES string of the molecule is CC1CC=CC(N2CCN(C(=O)Nc3ccc(C(F)(F)F)cc3)CC2)=C(NCCCN(C)C)C(=O)C1CCc1ccccc1. The predicted molar refractivity (Wildman–Crippen MR) is 168 cm³/mol. The van der Waals surface area contributed by atoms with Gasteiger partial charge in [-0.25, -0.2) is 4.79 Å². The highest BCUT2D eigenvalue weighted by atomic mass is 19.4. The minimum atomic E-state index is -4.43. The first kappa shape index (κ1) is 33.1. The minimum absolute atomic E-state index is 0.123. The Morgan fingerprint density at radius 1 is 1.00 bits per heavy atom. The molecule has 2 unspecified atom stereocenters. The maximum atomic E-state index is 14.2. The standard InChI is InChI=1S/C34H44F3N5O2/c1-25-9-7-12-30(31(38-19-8-20-40(2)3)32(43)29(25)18-13-26-10-5-4-6-11-26)41-21-23-42(24-22-41)33(44)39-28-16-14-27(15-17-28)34(35,36)37/h4-7,10-12,14-17,25,29,38H,8-9,13,18-24H2,1-3H3,(H,39,44). The lowest BCUT2D eigenvalue weighted by Crippen LogP contribution is -2.50. The number of urea groups is 1. The number of anilines is 1. The van der Waals surface area contributed by atoms with Crippen molar-refractivity contribution in [1.29, 1.82) is 0 Å². The molecule has 0 bridgehead atoms. The molecule has 2 atom stereocenters. The van der Waals surface area contributed by atoms with E-state index in [1.54, 1.807) is 4.90 Å². The average molecular weight is 612 g/mol. The van der Waals surface area contributed by atoms with E-state index in [-0.39, 0.29) is 23.7 Å². The number of nitrogens with one attached hydrogen (secondary N) is 2. The van der Waals surface area contributed by atoms with Crippen LogP contribution in [0.1, 0.15) is 37.3 Å². The second-order valence-electron chi connectivity index (χ2n) is 11.9. The van der Waals surface area contributed by atoms with E-state index < -0.39 is 11.7 Å². The summed E-state index contributed by atoms with van der Waals surface area (Å²) in [7, 11) is 4.06. The summed E-state index contributed by atoms with van der Waals surface area (Å²) in [6, 6.07) is 14.3. The molecular weight excluding hydrogens is 567 g/mol. The van der Waals surface area contributed by atoms with E-state index in [0.29, 0.717) is 44.1 Å². The van der Waals surface area contributed by atoms with E-state index in [9.17, 15) is 22.8 Å². The number of Topliss-reactive ketones (excluding diaryl/α,β-unsaturated/α-hetero) is 1. The lowest BCUT2D eigenvalue weighted by Gasteiger charge is -2.38. The molecule has 2 aromatic rings. The van der Waals surface area contributed by atoms with Gasteiger partial charge in [0, 0.05) is 44.3 Å². The number of alkyl halides is 3. The molecule has 1 aliphatic heterocycles. The van der Waals surface area contributed by atoms with Crippen LogP contribution in [0.4, 0.5) is 23.7 Å². The smallest absolute Gasteiger partial charge is 0.380 e. The number of hydrogen-bond donors (Lipinski definition) is 2. The summed E-state index contributed by atoms with van der Waals surface area (Å²) < 4.78 is 38.7. The first-order valence-corrected chi connectivity index (χ1v) is 15.4. The number of aryl methyl sites for hydroxylation is 1. The summed E-state index contributed by atoms with van der Waals surface area (Å²) >= 11 is 0. The van der Waals surface area contributed by atoms with Crippen molar-refractivity contribution >= 4 is 17.5 Å². The molecule has 1 heterocycles. The minimum Gasteiger partial charge on any atom is -0.380 e. The Morgan fingerprint density at radius 2 is 1.68 bits per heavy atom. The first-order chi connectivity index (χ1) is 21.0. The number of allylic oxidation sites excluding steroid dienone is 3. The molecule has 2 amide bonds.